The van der Waals surface area contributed by atoms with Crippen molar-refractivity contribution in [1.82, 2.24) is 10.3 Å². The van der Waals surface area contributed by atoms with Gasteiger partial charge in [0.25, 0.3) is 0 Å². The van der Waals surface area contributed by atoms with Gasteiger partial charge in [-0.05, 0) is 44.4 Å². The van der Waals surface area contributed by atoms with Gasteiger partial charge in [0.2, 0.25) is 5.91 Å². The van der Waals surface area contributed by atoms with Gasteiger partial charge in [-0.15, -0.1) is 0 Å². The van der Waals surface area contributed by atoms with Crippen LogP contribution in [0.3, 0.4) is 0 Å². The summed E-state index contributed by atoms with van der Waals surface area (Å²) in [6.45, 7) is 5.84. The minimum Gasteiger partial charge on any atom is -0.324 e. The van der Waals surface area contributed by atoms with Gasteiger partial charge < -0.3 is 10.6 Å². The van der Waals surface area contributed by atoms with Crippen LogP contribution in [-0.2, 0) is 4.79 Å². The zero-order chi connectivity index (χ0) is 13.0. The van der Waals surface area contributed by atoms with Crippen LogP contribution in [0.15, 0.2) is 18.5 Å². The van der Waals surface area contributed by atoms with Crippen molar-refractivity contribution in [3.05, 3.63) is 24.0 Å². The lowest BCUT2D eigenvalue weighted by Crippen LogP contribution is -2.47. The molecule has 2 N–H and O–H groups in total. The first-order chi connectivity index (χ1) is 8.66. The molecule has 18 heavy (non-hydrogen) atoms. The lowest BCUT2D eigenvalue weighted by atomic mass is 9.77. The third-order valence-electron chi connectivity index (χ3n) is 3.76. The van der Waals surface area contributed by atoms with E-state index in [2.05, 4.69) is 22.5 Å². The monoisotopic (exact) mass is 247 g/mol. The van der Waals surface area contributed by atoms with Crippen LogP contribution in [0.5, 0.6) is 0 Å². The second-order valence-electron chi connectivity index (χ2n) is 5.12. The van der Waals surface area contributed by atoms with Gasteiger partial charge in [0.15, 0.2) is 0 Å². The average molecular weight is 247 g/mol. The smallest absolute Gasteiger partial charge is 0.231 e. The van der Waals surface area contributed by atoms with Crippen LogP contribution >= 0.6 is 0 Å². The standard InChI is InChI=1S/C14H21N3O/c1-3-14(5-4-6-15-10-14)13(18)17-12-7-11(2)8-16-9-12/h7-9,15H,3-6,10H2,1-2H3,(H,17,18). The number of amides is 1. The average Bonchev–Trinajstić information content (AvgIpc) is 2.39. The maximum Gasteiger partial charge on any atom is 0.231 e. The number of piperidine rings is 1. The fourth-order valence-electron chi connectivity index (χ4n) is 2.51. The molecular weight excluding hydrogens is 226 g/mol. The van der Waals surface area contributed by atoms with Crippen LogP contribution in [0, 0.1) is 12.3 Å². The quantitative estimate of drug-likeness (QED) is 0.860. The Morgan fingerprint density at radius 1 is 1.56 bits per heavy atom. The third-order valence-corrected chi connectivity index (χ3v) is 3.76. The Kier molecular flexibility index (Phi) is 3.97. The number of aryl methyl sites for hydroxylation is 1. The van der Waals surface area contributed by atoms with Gasteiger partial charge in [0.1, 0.15) is 0 Å². The third kappa shape index (κ3) is 2.70. The van der Waals surface area contributed by atoms with Crippen molar-refractivity contribution in [2.75, 3.05) is 18.4 Å². The van der Waals surface area contributed by atoms with E-state index in [9.17, 15) is 4.79 Å². The van der Waals surface area contributed by atoms with Crippen molar-refractivity contribution in [3.63, 3.8) is 0 Å². The Labute approximate surface area is 108 Å². The molecule has 1 aliphatic heterocycles. The summed E-state index contributed by atoms with van der Waals surface area (Å²) in [6, 6.07) is 1.95. The number of anilines is 1. The summed E-state index contributed by atoms with van der Waals surface area (Å²) in [5, 5.41) is 6.33. The molecule has 1 atom stereocenters. The van der Waals surface area contributed by atoms with Crippen molar-refractivity contribution in [2.24, 2.45) is 5.41 Å². The van der Waals surface area contributed by atoms with Gasteiger partial charge in [0, 0.05) is 12.7 Å². The fourth-order valence-corrected chi connectivity index (χ4v) is 2.51. The number of carbonyl (C=O) groups excluding carboxylic acids is 1. The highest BCUT2D eigenvalue weighted by Crippen LogP contribution is 2.31. The highest BCUT2D eigenvalue weighted by atomic mass is 16.2. The molecule has 4 nitrogen and oxygen atoms in total. The van der Waals surface area contributed by atoms with E-state index in [0.717, 1.165) is 43.6 Å². The van der Waals surface area contributed by atoms with Gasteiger partial charge in [0.05, 0.1) is 17.3 Å². The summed E-state index contributed by atoms with van der Waals surface area (Å²) in [5.74, 6) is 0.115. The molecule has 4 heteroatoms. The molecule has 0 saturated carbocycles. The van der Waals surface area contributed by atoms with Crippen LogP contribution in [-0.4, -0.2) is 24.0 Å². The number of pyridine rings is 1. The van der Waals surface area contributed by atoms with Crippen LogP contribution in [0.2, 0.25) is 0 Å². The first-order valence-corrected chi connectivity index (χ1v) is 6.60. The summed E-state index contributed by atoms with van der Waals surface area (Å²) < 4.78 is 0. The predicted octanol–water partition coefficient (Wildman–Crippen LogP) is 2.11. The first kappa shape index (κ1) is 13.0. The number of aromatic nitrogens is 1. The molecule has 2 heterocycles. The Balaban J connectivity index is 2.10. The molecule has 1 amide bonds. The van der Waals surface area contributed by atoms with E-state index in [1.54, 1.807) is 12.4 Å². The number of hydrogen-bond donors (Lipinski definition) is 2. The van der Waals surface area contributed by atoms with E-state index >= 15 is 0 Å². The molecule has 1 fully saturated rings. The van der Waals surface area contributed by atoms with Crippen molar-refractivity contribution in [2.45, 2.75) is 33.1 Å². The van der Waals surface area contributed by atoms with E-state index in [0.29, 0.717) is 0 Å². The summed E-state index contributed by atoms with van der Waals surface area (Å²) in [6.07, 6.45) is 6.37. The summed E-state index contributed by atoms with van der Waals surface area (Å²) in [7, 11) is 0. The second-order valence-corrected chi connectivity index (χ2v) is 5.12. The Morgan fingerprint density at radius 3 is 3.00 bits per heavy atom. The van der Waals surface area contributed by atoms with Crippen molar-refractivity contribution < 1.29 is 4.79 Å². The lowest BCUT2D eigenvalue weighted by Gasteiger charge is -2.35. The van der Waals surface area contributed by atoms with Gasteiger partial charge in [-0.1, -0.05) is 6.92 Å². The number of rotatable bonds is 3. The lowest BCUT2D eigenvalue weighted by molar-refractivity contribution is -0.126. The van der Waals surface area contributed by atoms with E-state index < -0.39 is 0 Å². The highest BCUT2D eigenvalue weighted by molar-refractivity contribution is 5.95. The molecule has 1 unspecified atom stereocenters. The molecular formula is C14H21N3O. The fraction of sp³-hybridized carbons (Fsp3) is 0.571. The van der Waals surface area contributed by atoms with Crippen LogP contribution in [0.25, 0.3) is 0 Å². The normalized spacial score (nSPS) is 23.7. The molecule has 1 aliphatic rings. The maximum atomic E-state index is 12.5. The van der Waals surface area contributed by atoms with Crippen molar-refractivity contribution in [1.29, 1.82) is 0 Å². The predicted molar refractivity (Wildman–Crippen MR) is 72.4 cm³/mol. The maximum absolute atomic E-state index is 12.5. The number of carbonyl (C=O) groups is 1. The Bertz CT molecular complexity index is 425. The number of hydrogen-bond acceptors (Lipinski definition) is 3. The van der Waals surface area contributed by atoms with Gasteiger partial charge in [-0.2, -0.15) is 0 Å². The molecule has 2 rings (SSSR count). The zero-order valence-corrected chi connectivity index (χ0v) is 11.1. The van der Waals surface area contributed by atoms with Crippen LogP contribution in [0.1, 0.15) is 31.7 Å². The van der Waals surface area contributed by atoms with E-state index in [4.69, 9.17) is 0 Å². The number of nitrogens with zero attached hydrogens (tertiary/aromatic N) is 1. The van der Waals surface area contributed by atoms with Crippen LogP contribution in [0.4, 0.5) is 5.69 Å². The SMILES string of the molecule is CCC1(C(=O)Nc2cncc(C)c2)CCCNC1. The molecule has 0 bridgehead atoms. The summed E-state index contributed by atoms with van der Waals surface area (Å²) in [4.78, 5) is 16.6. The Hall–Kier alpha value is -1.42. The molecule has 0 spiro atoms. The Morgan fingerprint density at radius 2 is 2.39 bits per heavy atom. The molecule has 98 valence electrons. The van der Waals surface area contributed by atoms with Gasteiger partial charge >= 0.3 is 0 Å². The highest BCUT2D eigenvalue weighted by Gasteiger charge is 2.37. The molecule has 0 radical (unpaired) electrons. The molecule has 1 aromatic rings. The second kappa shape index (κ2) is 5.48. The minimum atomic E-state index is -0.262. The van der Waals surface area contributed by atoms with Crippen molar-refractivity contribution in [3.8, 4) is 0 Å². The van der Waals surface area contributed by atoms with Crippen LogP contribution < -0.4 is 10.6 Å². The van der Waals surface area contributed by atoms with E-state index in [1.165, 1.54) is 0 Å². The number of nitrogens with one attached hydrogen (secondary N) is 2. The molecule has 0 aromatic carbocycles. The summed E-state index contributed by atoms with van der Waals surface area (Å²) >= 11 is 0. The largest absolute Gasteiger partial charge is 0.324 e. The first-order valence-electron chi connectivity index (χ1n) is 6.60. The minimum absolute atomic E-state index is 0.115. The van der Waals surface area contributed by atoms with E-state index in [-0.39, 0.29) is 11.3 Å². The molecule has 0 aliphatic carbocycles. The van der Waals surface area contributed by atoms with E-state index in [1.807, 2.05) is 13.0 Å². The topological polar surface area (TPSA) is 54.0 Å². The van der Waals surface area contributed by atoms with Gasteiger partial charge in [-0.25, -0.2) is 0 Å². The molecule has 1 saturated heterocycles. The summed E-state index contributed by atoms with van der Waals surface area (Å²) in [5.41, 5.74) is 1.58. The zero-order valence-electron chi connectivity index (χ0n) is 11.1. The van der Waals surface area contributed by atoms with Crippen molar-refractivity contribution >= 4 is 11.6 Å². The molecule has 1 aromatic heterocycles. The van der Waals surface area contributed by atoms with Gasteiger partial charge in [-0.3, -0.25) is 9.78 Å².